The lowest BCUT2D eigenvalue weighted by Crippen LogP contribution is -2.39. The molecule has 5 heteroatoms. The smallest absolute Gasteiger partial charge is 0.355 e. The molecule has 0 saturated carbocycles. The Bertz CT molecular complexity index is 585. The highest BCUT2D eigenvalue weighted by Gasteiger charge is 2.16. The molecule has 15 heavy (non-hydrogen) atoms. The normalized spacial score (nSPS) is 19.7. The molecule has 0 amide bonds. The monoisotopic (exact) mass is 228 g/mol. The van der Waals surface area contributed by atoms with E-state index in [9.17, 15) is 15.0 Å². The minimum absolute atomic E-state index is 0.0110. The van der Waals surface area contributed by atoms with E-state index in [2.05, 4.69) is 0 Å². The van der Waals surface area contributed by atoms with Crippen LogP contribution in [-0.4, -0.2) is 16.3 Å². The van der Waals surface area contributed by atoms with Crippen LogP contribution >= 0.6 is 11.6 Å². The zero-order valence-electron chi connectivity index (χ0n) is 7.95. The molecule has 1 aliphatic carbocycles. The highest BCUT2D eigenvalue weighted by atomic mass is 35.5. The summed E-state index contributed by atoms with van der Waals surface area (Å²) in [5.74, 6) is -0.0110. The van der Waals surface area contributed by atoms with E-state index >= 15 is 0 Å². The second-order valence-electron chi connectivity index (χ2n) is 3.45. The van der Waals surface area contributed by atoms with E-state index in [0.717, 1.165) is 0 Å². The molecular weight excluding hydrogens is 220 g/mol. The van der Waals surface area contributed by atoms with Crippen LogP contribution in [0, 0.1) is 6.92 Å². The van der Waals surface area contributed by atoms with Gasteiger partial charge in [0.15, 0.2) is 0 Å². The molecule has 0 spiro atoms. The molecule has 80 valence electrons. The van der Waals surface area contributed by atoms with Crippen molar-refractivity contribution >= 4 is 23.4 Å². The van der Waals surface area contributed by atoms with E-state index in [0.29, 0.717) is 10.8 Å². The number of rotatable bonds is 0. The fourth-order valence-electron chi connectivity index (χ4n) is 1.65. The first-order valence-electron chi connectivity index (χ1n) is 4.42. The van der Waals surface area contributed by atoms with Crippen molar-refractivity contribution in [3.05, 3.63) is 31.6 Å². The van der Waals surface area contributed by atoms with Gasteiger partial charge in [-0.3, -0.25) is 0 Å². The van der Waals surface area contributed by atoms with Gasteiger partial charge in [-0.15, -0.1) is 0 Å². The van der Waals surface area contributed by atoms with Crippen molar-refractivity contribution < 1.29 is 14.6 Å². The lowest BCUT2D eigenvalue weighted by Gasteiger charge is -2.11. The molecule has 1 aliphatic rings. The van der Waals surface area contributed by atoms with Crippen LogP contribution in [0.25, 0.3) is 11.8 Å². The summed E-state index contributed by atoms with van der Waals surface area (Å²) in [5, 5.41) is 19.4. The minimum Gasteiger partial charge on any atom is -0.511 e. The molecule has 1 atom stereocenters. The lowest BCUT2D eigenvalue weighted by atomic mass is 10.1. The Balaban J connectivity index is 3.01. The number of aliphatic hydroxyl groups is 2. The molecule has 0 saturated heterocycles. The molecule has 1 unspecified atom stereocenters. The summed E-state index contributed by atoms with van der Waals surface area (Å²) < 4.78 is 4.87. The van der Waals surface area contributed by atoms with Crippen LogP contribution in [0.15, 0.2) is 9.21 Å². The summed E-state index contributed by atoms with van der Waals surface area (Å²) in [6.45, 7) is 1.62. The van der Waals surface area contributed by atoms with E-state index in [-0.39, 0.29) is 22.6 Å². The van der Waals surface area contributed by atoms with Crippen LogP contribution in [0.5, 0.6) is 0 Å². The van der Waals surface area contributed by atoms with E-state index in [1.807, 2.05) is 0 Å². The SMILES string of the molecule is Cc1c(Cl)c(=O)oc2c1=C(O)CC(O)C=2. The predicted molar refractivity (Wildman–Crippen MR) is 55.1 cm³/mol. The van der Waals surface area contributed by atoms with Gasteiger partial charge in [0, 0.05) is 6.42 Å². The molecule has 1 heterocycles. The van der Waals surface area contributed by atoms with Crippen LogP contribution in [-0.2, 0) is 0 Å². The standard InChI is InChI=1S/C10H9ClO4/c1-4-8-6(13)2-5(12)3-7(8)15-10(14)9(4)11/h3,5,12-13H,2H2,1H3. The van der Waals surface area contributed by atoms with Crippen molar-refractivity contribution in [3.63, 3.8) is 0 Å². The number of hydrogen-bond acceptors (Lipinski definition) is 4. The van der Waals surface area contributed by atoms with Crippen LogP contribution in [0.3, 0.4) is 0 Å². The fourth-order valence-corrected chi connectivity index (χ4v) is 1.79. The maximum atomic E-state index is 11.2. The molecule has 1 aromatic heterocycles. The fraction of sp³-hybridized carbons (Fsp3) is 0.300. The Hall–Kier alpha value is -1.26. The van der Waals surface area contributed by atoms with E-state index < -0.39 is 11.7 Å². The van der Waals surface area contributed by atoms with Crippen LogP contribution in [0.1, 0.15) is 12.0 Å². The third kappa shape index (κ3) is 1.56. The molecular formula is C10H9ClO4. The highest BCUT2D eigenvalue weighted by Crippen LogP contribution is 2.09. The van der Waals surface area contributed by atoms with Crippen molar-refractivity contribution in [2.24, 2.45) is 0 Å². The van der Waals surface area contributed by atoms with Crippen molar-refractivity contribution in [2.75, 3.05) is 0 Å². The number of hydrogen-bond donors (Lipinski definition) is 2. The molecule has 0 fully saturated rings. The van der Waals surface area contributed by atoms with E-state index in [4.69, 9.17) is 16.0 Å². The van der Waals surface area contributed by atoms with Gasteiger partial charge in [0.1, 0.15) is 16.2 Å². The highest BCUT2D eigenvalue weighted by molar-refractivity contribution is 6.31. The molecule has 4 nitrogen and oxygen atoms in total. The van der Waals surface area contributed by atoms with Gasteiger partial charge in [0.2, 0.25) is 0 Å². The van der Waals surface area contributed by atoms with E-state index in [1.165, 1.54) is 6.08 Å². The van der Waals surface area contributed by atoms with E-state index in [1.54, 1.807) is 6.92 Å². The third-order valence-electron chi connectivity index (χ3n) is 2.37. The maximum Gasteiger partial charge on any atom is 0.355 e. The van der Waals surface area contributed by atoms with Gasteiger partial charge in [0.05, 0.1) is 11.3 Å². The summed E-state index contributed by atoms with van der Waals surface area (Å²) in [6, 6.07) is 0. The van der Waals surface area contributed by atoms with Gasteiger partial charge >= 0.3 is 5.63 Å². The summed E-state index contributed by atoms with van der Waals surface area (Å²) in [5.41, 5.74) is -0.00668. The molecule has 0 aromatic carbocycles. The second-order valence-corrected chi connectivity index (χ2v) is 3.83. The first kappa shape index (κ1) is 10.3. The molecule has 0 aliphatic heterocycles. The average Bonchev–Trinajstić information content (AvgIpc) is 2.13. The van der Waals surface area contributed by atoms with Gasteiger partial charge in [-0.1, -0.05) is 11.6 Å². The van der Waals surface area contributed by atoms with Gasteiger partial charge in [0.25, 0.3) is 0 Å². The Kier molecular flexibility index (Phi) is 2.32. The van der Waals surface area contributed by atoms with Gasteiger partial charge in [-0.25, -0.2) is 4.79 Å². The van der Waals surface area contributed by atoms with Crippen LogP contribution < -0.4 is 16.3 Å². The van der Waals surface area contributed by atoms with Crippen molar-refractivity contribution in [1.82, 2.24) is 0 Å². The molecule has 0 radical (unpaired) electrons. The summed E-state index contributed by atoms with van der Waals surface area (Å²) >= 11 is 5.71. The summed E-state index contributed by atoms with van der Waals surface area (Å²) in [6.07, 6.45) is 0.665. The zero-order chi connectivity index (χ0) is 11.2. The predicted octanol–water partition coefficient (Wildman–Crippen LogP) is -0.187. The third-order valence-corrected chi connectivity index (χ3v) is 2.81. The Morgan fingerprint density at radius 3 is 2.93 bits per heavy atom. The minimum atomic E-state index is -0.832. The largest absolute Gasteiger partial charge is 0.511 e. The Labute approximate surface area is 89.7 Å². The number of halogens is 1. The molecule has 1 aromatic rings. The van der Waals surface area contributed by atoms with Crippen LogP contribution in [0.2, 0.25) is 5.02 Å². The zero-order valence-corrected chi connectivity index (χ0v) is 8.71. The quantitative estimate of drug-likeness (QED) is 0.646. The first-order valence-corrected chi connectivity index (χ1v) is 4.79. The topological polar surface area (TPSA) is 70.7 Å². The molecule has 2 rings (SSSR count). The summed E-state index contributed by atoms with van der Waals surface area (Å²) in [7, 11) is 0. The van der Waals surface area contributed by atoms with Crippen molar-refractivity contribution in [1.29, 1.82) is 0 Å². The van der Waals surface area contributed by atoms with Crippen molar-refractivity contribution in [2.45, 2.75) is 19.4 Å². The van der Waals surface area contributed by atoms with Crippen LogP contribution in [0.4, 0.5) is 0 Å². The van der Waals surface area contributed by atoms with Gasteiger partial charge in [-0.2, -0.15) is 0 Å². The Morgan fingerprint density at radius 2 is 2.27 bits per heavy atom. The van der Waals surface area contributed by atoms with Gasteiger partial charge in [-0.05, 0) is 18.6 Å². The maximum absolute atomic E-state index is 11.2. The van der Waals surface area contributed by atoms with Crippen molar-refractivity contribution in [3.8, 4) is 0 Å². The number of fused-ring (bicyclic) bond motifs is 1. The lowest BCUT2D eigenvalue weighted by molar-refractivity contribution is 0.227. The average molecular weight is 229 g/mol. The summed E-state index contributed by atoms with van der Waals surface area (Å²) in [4.78, 5) is 11.2. The molecule has 0 bridgehead atoms. The molecule has 2 N–H and O–H groups in total. The number of aliphatic hydroxyl groups excluding tert-OH is 2. The van der Waals surface area contributed by atoms with Gasteiger partial charge < -0.3 is 14.6 Å². The Morgan fingerprint density at radius 1 is 1.60 bits per heavy atom. The first-order chi connectivity index (χ1) is 7.00. The second kappa shape index (κ2) is 3.40.